The van der Waals surface area contributed by atoms with Gasteiger partial charge < -0.3 is 5.32 Å². The smallest absolute Gasteiger partial charge is 0.324 e. The number of anilines is 1. The van der Waals surface area contributed by atoms with Gasteiger partial charge in [0.25, 0.3) is 0 Å². The number of nitro groups is 1. The Morgan fingerprint density at radius 2 is 2.13 bits per heavy atom. The van der Waals surface area contributed by atoms with Crippen molar-refractivity contribution in [2.24, 2.45) is 0 Å². The molecule has 1 heterocycles. The van der Waals surface area contributed by atoms with Gasteiger partial charge in [0, 0.05) is 5.02 Å². The molecule has 7 nitrogen and oxygen atoms in total. The van der Waals surface area contributed by atoms with E-state index in [-0.39, 0.29) is 10.7 Å². The second kappa shape index (κ2) is 6.24. The van der Waals surface area contributed by atoms with Gasteiger partial charge in [-0.05, 0) is 18.2 Å². The minimum Gasteiger partial charge on any atom is -0.324 e. The largest absolute Gasteiger partial charge is 0.418 e. The van der Waals surface area contributed by atoms with Crippen LogP contribution in [0.4, 0.5) is 24.5 Å². The molecule has 0 bridgehead atoms. The highest BCUT2D eigenvalue weighted by atomic mass is 35.5. The predicted octanol–water partition coefficient (Wildman–Crippen LogP) is 3.10. The van der Waals surface area contributed by atoms with Gasteiger partial charge in [0.05, 0.1) is 16.2 Å². The standard InChI is InChI=1S/C12H8ClF3N4O3/c13-7-1-2-10(9(3-7)12(14,15)16)18-11(21)6-19-5-8(4-17-19)20(22)23/h1-5H,6H2,(H,18,21). The summed E-state index contributed by atoms with van der Waals surface area (Å²) in [6, 6.07) is 2.91. The van der Waals surface area contributed by atoms with E-state index in [2.05, 4.69) is 10.4 Å². The van der Waals surface area contributed by atoms with Crippen molar-refractivity contribution >= 4 is 28.9 Å². The molecule has 2 rings (SSSR count). The molecule has 11 heteroatoms. The number of nitrogens with zero attached hydrogens (tertiary/aromatic N) is 3. The Balaban J connectivity index is 2.15. The maximum absolute atomic E-state index is 12.9. The van der Waals surface area contributed by atoms with Gasteiger partial charge in [-0.25, -0.2) is 0 Å². The summed E-state index contributed by atoms with van der Waals surface area (Å²) in [5, 5.41) is 16.0. The molecule has 122 valence electrons. The van der Waals surface area contributed by atoms with Crippen LogP contribution in [0.15, 0.2) is 30.6 Å². The molecular weight excluding hydrogens is 341 g/mol. The molecule has 1 amide bonds. The van der Waals surface area contributed by atoms with Gasteiger partial charge in [0.15, 0.2) is 0 Å². The van der Waals surface area contributed by atoms with Crippen LogP contribution in [-0.4, -0.2) is 20.6 Å². The maximum Gasteiger partial charge on any atom is 0.418 e. The van der Waals surface area contributed by atoms with Crippen molar-refractivity contribution in [3.63, 3.8) is 0 Å². The zero-order valence-corrected chi connectivity index (χ0v) is 11.9. The zero-order chi connectivity index (χ0) is 17.2. The fourth-order valence-electron chi connectivity index (χ4n) is 1.73. The molecule has 1 aromatic carbocycles. The number of alkyl halides is 3. The Morgan fingerprint density at radius 3 is 2.70 bits per heavy atom. The van der Waals surface area contributed by atoms with Gasteiger partial charge in [-0.2, -0.15) is 18.3 Å². The molecule has 0 spiro atoms. The molecule has 0 saturated carbocycles. The van der Waals surface area contributed by atoms with Crippen LogP contribution in [0.25, 0.3) is 0 Å². The highest BCUT2D eigenvalue weighted by Crippen LogP contribution is 2.36. The van der Waals surface area contributed by atoms with Crippen LogP contribution in [0.5, 0.6) is 0 Å². The summed E-state index contributed by atoms with van der Waals surface area (Å²) in [4.78, 5) is 21.6. The van der Waals surface area contributed by atoms with E-state index in [0.717, 1.165) is 23.1 Å². The van der Waals surface area contributed by atoms with E-state index < -0.39 is 34.8 Å². The Kier molecular flexibility index (Phi) is 4.55. The summed E-state index contributed by atoms with van der Waals surface area (Å²) in [5.74, 6) is -0.823. The van der Waals surface area contributed by atoms with Crippen molar-refractivity contribution in [2.45, 2.75) is 12.7 Å². The maximum atomic E-state index is 12.9. The van der Waals surface area contributed by atoms with Crippen LogP contribution < -0.4 is 5.32 Å². The highest BCUT2D eigenvalue weighted by Gasteiger charge is 2.34. The van der Waals surface area contributed by atoms with Crippen LogP contribution in [0.2, 0.25) is 5.02 Å². The molecule has 0 saturated heterocycles. The molecule has 0 aliphatic rings. The van der Waals surface area contributed by atoms with Crippen molar-refractivity contribution < 1.29 is 22.9 Å². The van der Waals surface area contributed by atoms with Crippen molar-refractivity contribution in [1.82, 2.24) is 9.78 Å². The van der Waals surface area contributed by atoms with Gasteiger partial charge in [0.1, 0.15) is 18.9 Å². The molecular formula is C12H8ClF3N4O3. The minimum atomic E-state index is -4.70. The fraction of sp³-hybridized carbons (Fsp3) is 0.167. The second-order valence-corrected chi connectivity index (χ2v) is 4.83. The summed E-state index contributed by atoms with van der Waals surface area (Å²) in [7, 11) is 0. The van der Waals surface area contributed by atoms with Crippen LogP contribution >= 0.6 is 11.6 Å². The summed E-state index contributed by atoms with van der Waals surface area (Å²) in [5.41, 5.74) is -1.89. The summed E-state index contributed by atoms with van der Waals surface area (Å²) < 4.78 is 39.6. The number of rotatable bonds is 4. The van der Waals surface area contributed by atoms with Gasteiger partial charge in [-0.1, -0.05) is 11.6 Å². The number of amides is 1. The van der Waals surface area contributed by atoms with Gasteiger partial charge in [-0.3, -0.25) is 19.6 Å². The molecule has 0 aliphatic heterocycles. The zero-order valence-electron chi connectivity index (χ0n) is 11.2. The predicted molar refractivity (Wildman–Crippen MR) is 74.0 cm³/mol. The van der Waals surface area contributed by atoms with Crippen molar-refractivity contribution in [2.75, 3.05) is 5.32 Å². The number of aromatic nitrogens is 2. The summed E-state index contributed by atoms with van der Waals surface area (Å²) >= 11 is 5.53. The Bertz CT molecular complexity index is 760. The molecule has 0 unspecified atom stereocenters. The third kappa shape index (κ3) is 4.19. The molecule has 0 fully saturated rings. The van der Waals surface area contributed by atoms with Crippen LogP contribution in [0.3, 0.4) is 0 Å². The van der Waals surface area contributed by atoms with Gasteiger partial charge in [0.2, 0.25) is 5.91 Å². The number of hydrogen-bond acceptors (Lipinski definition) is 4. The molecule has 2 aromatic rings. The molecule has 0 aliphatic carbocycles. The quantitative estimate of drug-likeness (QED) is 0.679. The first-order valence-corrected chi connectivity index (χ1v) is 6.38. The van der Waals surface area contributed by atoms with E-state index in [9.17, 15) is 28.1 Å². The van der Waals surface area contributed by atoms with E-state index >= 15 is 0 Å². The second-order valence-electron chi connectivity index (χ2n) is 4.39. The number of carbonyl (C=O) groups excluding carboxylic acids is 1. The first-order chi connectivity index (χ1) is 10.7. The van der Waals surface area contributed by atoms with E-state index in [1.54, 1.807) is 0 Å². The lowest BCUT2D eigenvalue weighted by atomic mass is 10.1. The molecule has 0 radical (unpaired) electrons. The molecule has 1 aromatic heterocycles. The van der Waals surface area contributed by atoms with E-state index in [1.165, 1.54) is 6.07 Å². The lowest BCUT2D eigenvalue weighted by Gasteiger charge is -2.14. The van der Waals surface area contributed by atoms with Crippen LogP contribution in [-0.2, 0) is 17.5 Å². The SMILES string of the molecule is O=C(Cn1cc([N+](=O)[O-])cn1)Nc1ccc(Cl)cc1C(F)(F)F. The van der Waals surface area contributed by atoms with Gasteiger partial charge in [-0.15, -0.1) is 0 Å². The third-order valence-corrected chi connectivity index (χ3v) is 2.93. The summed E-state index contributed by atoms with van der Waals surface area (Å²) in [6.45, 7) is -0.478. The number of carbonyl (C=O) groups is 1. The first-order valence-electron chi connectivity index (χ1n) is 6.00. The van der Waals surface area contributed by atoms with Crippen molar-refractivity contribution in [1.29, 1.82) is 0 Å². The van der Waals surface area contributed by atoms with Crippen molar-refractivity contribution in [3.8, 4) is 0 Å². The van der Waals surface area contributed by atoms with E-state index in [1.807, 2.05) is 0 Å². The average molecular weight is 349 g/mol. The normalized spacial score (nSPS) is 11.3. The van der Waals surface area contributed by atoms with E-state index in [0.29, 0.717) is 6.07 Å². The molecule has 0 atom stereocenters. The first kappa shape index (κ1) is 16.7. The number of halogens is 4. The lowest BCUT2D eigenvalue weighted by Crippen LogP contribution is -2.21. The minimum absolute atomic E-state index is 0.127. The van der Waals surface area contributed by atoms with Crippen LogP contribution in [0, 0.1) is 10.1 Å². The summed E-state index contributed by atoms with van der Waals surface area (Å²) in [6.07, 6.45) is -2.78. The Morgan fingerprint density at radius 1 is 1.43 bits per heavy atom. The Labute approximate surface area is 131 Å². The topological polar surface area (TPSA) is 90.1 Å². The third-order valence-electron chi connectivity index (χ3n) is 2.70. The Hall–Kier alpha value is -2.62. The van der Waals surface area contributed by atoms with Crippen LogP contribution in [0.1, 0.15) is 5.56 Å². The number of benzene rings is 1. The van der Waals surface area contributed by atoms with Crippen molar-refractivity contribution in [3.05, 3.63) is 51.3 Å². The van der Waals surface area contributed by atoms with E-state index in [4.69, 9.17) is 11.6 Å². The molecule has 1 N–H and O–H groups in total. The van der Waals surface area contributed by atoms with Gasteiger partial charge >= 0.3 is 11.9 Å². The number of hydrogen-bond donors (Lipinski definition) is 1. The monoisotopic (exact) mass is 348 g/mol. The lowest BCUT2D eigenvalue weighted by molar-refractivity contribution is -0.385. The number of nitrogens with one attached hydrogen (secondary N) is 1. The fourth-order valence-corrected chi connectivity index (χ4v) is 1.90. The highest BCUT2D eigenvalue weighted by molar-refractivity contribution is 6.30. The molecule has 23 heavy (non-hydrogen) atoms. The average Bonchev–Trinajstić information content (AvgIpc) is 2.88.